The molecule has 1 saturated heterocycles. The molecule has 1 fully saturated rings. The van der Waals surface area contributed by atoms with Crippen molar-refractivity contribution in [2.75, 3.05) is 6.54 Å². The largest absolute Gasteiger partial charge is 0.296 e. The minimum Gasteiger partial charge on any atom is -0.296 e. The Morgan fingerprint density at radius 3 is 2.79 bits per heavy atom. The van der Waals surface area contributed by atoms with E-state index in [2.05, 4.69) is 11.4 Å². The summed E-state index contributed by atoms with van der Waals surface area (Å²) in [6.45, 7) is 0.780. The molecule has 1 N–H and O–H groups in total. The molecule has 2 nitrogen and oxygen atoms in total. The number of nitrogens with zero attached hydrogens (tertiary/aromatic N) is 1. The molecule has 1 heterocycles. The van der Waals surface area contributed by atoms with Crippen LogP contribution in [0, 0.1) is 17.1 Å². The molecule has 1 aliphatic heterocycles. The number of benzene rings is 1. The molecule has 0 spiro atoms. The first kappa shape index (κ1) is 9.17. The van der Waals surface area contributed by atoms with Gasteiger partial charge in [0.25, 0.3) is 0 Å². The number of halogens is 1. The predicted octanol–water partition coefficient (Wildman–Crippen LogP) is 1.93. The topological polar surface area (TPSA) is 35.8 Å². The van der Waals surface area contributed by atoms with E-state index in [-0.39, 0.29) is 5.82 Å². The van der Waals surface area contributed by atoms with Gasteiger partial charge in [0.1, 0.15) is 11.4 Å². The summed E-state index contributed by atoms with van der Waals surface area (Å²) in [5, 5.41) is 12.2. The van der Waals surface area contributed by atoms with Crippen molar-refractivity contribution in [3.05, 3.63) is 35.6 Å². The second-order valence-corrected chi connectivity index (χ2v) is 3.53. The van der Waals surface area contributed by atoms with Crippen LogP contribution in [-0.2, 0) is 5.54 Å². The van der Waals surface area contributed by atoms with Crippen LogP contribution < -0.4 is 5.32 Å². The summed E-state index contributed by atoms with van der Waals surface area (Å²) in [6, 6.07) is 8.66. The highest BCUT2D eigenvalue weighted by Gasteiger charge is 2.37. The van der Waals surface area contributed by atoms with Crippen LogP contribution in [-0.4, -0.2) is 6.54 Å². The fourth-order valence-corrected chi connectivity index (χ4v) is 1.94. The molecule has 0 saturated carbocycles. The highest BCUT2D eigenvalue weighted by atomic mass is 19.1. The molecule has 2 rings (SSSR count). The smallest absolute Gasteiger partial charge is 0.135 e. The molecule has 72 valence electrons. The molecule has 3 heteroatoms. The van der Waals surface area contributed by atoms with Gasteiger partial charge in [-0.1, -0.05) is 18.2 Å². The van der Waals surface area contributed by atoms with Crippen LogP contribution in [0.3, 0.4) is 0 Å². The zero-order valence-corrected chi connectivity index (χ0v) is 7.76. The van der Waals surface area contributed by atoms with Crippen molar-refractivity contribution in [2.45, 2.75) is 18.4 Å². The molecule has 1 aromatic rings. The van der Waals surface area contributed by atoms with Gasteiger partial charge in [-0.3, -0.25) is 5.32 Å². The lowest BCUT2D eigenvalue weighted by Crippen LogP contribution is -2.35. The minimum atomic E-state index is -0.800. The zero-order valence-electron chi connectivity index (χ0n) is 7.76. The van der Waals surface area contributed by atoms with Gasteiger partial charge in [0.15, 0.2) is 0 Å². The highest BCUT2D eigenvalue weighted by molar-refractivity contribution is 5.33. The predicted molar refractivity (Wildman–Crippen MR) is 50.9 cm³/mol. The quantitative estimate of drug-likeness (QED) is 0.734. The fraction of sp³-hybridized carbons (Fsp3) is 0.364. The third-order valence-corrected chi connectivity index (χ3v) is 2.68. The normalized spacial score (nSPS) is 26.0. The first-order valence-electron chi connectivity index (χ1n) is 4.70. The van der Waals surface area contributed by atoms with Gasteiger partial charge in [-0.15, -0.1) is 0 Å². The van der Waals surface area contributed by atoms with Crippen LogP contribution in [0.5, 0.6) is 0 Å². The van der Waals surface area contributed by atoms with Crippen LogP contribution in [0.4, 0.5) is 4.39 Å². The maximum atomic E-state index is 13.5. The van der Waals surface area contributed by atoms with Crippen LogP contribution in [0.15, 0.2) is 24.3 Å². The molecule has 1 atom stereocenters. The molecule has 0 amide bonds. The van der Waals surface area contributed by atoms with E-state index >= 15 is 0 Å². The van der Waals surface area contributed by atoms with Gasteiger partial charge in [0.2, 0.25) is 0 Å². The van der Waals surface area contributed by atoms with E-state index in [9.17, 15) is 4.39 Å². The Morgan fingerprint density at radius 2 is 2.21 bits per heavy atom. The van der Waals surface area contributed by atoms with E-state index in [0.29, 0.717) is 12.0 Å². The lowest BCUT2D eigenvalue weighted by atomic mass is 9.89. The van der Waals surface area contributed by atoms with Gasteiger partial charge in [0, 0.05) is 5.56 Å². The Balaban J connectivity index is 2.47. The molecular weight excluding hydrogens is 179 g/mol. The molecule has 0 aliphatic carbocycles. The number of hydrogen-bond acceptors (Lipinski definition) is 2. The molecular formula is C11H11FN2. The Kier molecular flexibility index (Phi) is 2.22. The van der Waals surface area contributed by atoms with Crippen molar-refractivity contribution in [1.29, 1.82) is 5.26 Å². The number of nitriles is 1. The maximum absolute atomic E-state index is 13.5. The summed E-state index contributed by atoms with van der Waals surface area (Å²) in [5.74, 6) is -0.302. The first-order chi connectivity index (χ1) is 6.78. The lowest BCUT2D eigenvalue weighted by Gasteiger charge is -2.21. The van der Waals surface area contributed by atoms with Crippen LogP contribution in [0.2, 0.25) is 0 Å². The number of rotatable bonds is 1. The summed E-state index contributed by atoms with van der Waals surface area (Å²) in [4.78, 5) is 0. The van der Waals surface area contributed by atoms with Crippen LogP contribution in [0.25, 0.3) is 0 Å². The van der Waals surface area contributed by atoms with Gasteiger partial charge < -0.3 is 0 Å². The summed E-state index contributed by atoms with van der Waals surface area (Å²) >= 11 is 0. The number of nitrogens with one attached hydrogen (secondary N) is 1. The van der Waals surface area contributed by atoms with Crippen molar-refractivity contribution in [1.82, 2.24) is 5.32 Å². The molecule has 1 aromatic carbocycles. The van der Waals surface area contributed by atoms with E-state index in [1.54, 1.807) is 18.2 Å². The lowest BCUT2D eigenvalue weighted by molar-refractivity contribution is 0.473. The summed E-state index contributed by atoms with van der Waals surface area (Å²) < 4.78 is 13.5. The van der Waals surface area contributed by atoms with E-state index in [0.717, 1.165) is 13.0 Å². The molecule has 14 heavy (non-hydrogen) atoms. The summed E-state index contributed by atoms with van der Waals surface area (Å²) in [7, 11) is 0. The van der Waals surface area contributed by atoms with Crippen molar-refractivity contribution in [3.63, 3.8) is 0 Å². The zero-order chi connectivity index (χ0) is 10.0. The van der Waals surface area contributed by atoms with Crippen molar-refractivity contribution >= 4 is 0 Å². The Bertz CT molecular complexity index is 375. The third kappa shape index (κ3) is 1.28. The fourth-order valence-electron chi connectivity index (χ4n) is 1.94. The number of hydrogen-bond donors (Lipinski definition) is 1. The standard InChI is InChI=1S/C11H11FN2/c12-10-5-2-1-4-9(10)11(8-13)6-3-7-14-11/h1-2,4-5,14H,3,6-7H2. The Morgan fingerprint density at radius 1 is 1.43 bits per heavy atom. The van der Waals surface area contributed by atoms with Crippen LogP contribution in [0.1, 0.15) is 18.4 Å². The van der Waals surface area contributed by atoms with Gasteiger partial charge in [0.05, 0.1) is 6.07 Å². The third-order valence-electron chi connectivity index (χ3n) is 2.68. The van der Waals surface area contributed by atoms with Gasteiger partial charge in [-0.2, -0.15) is 5.26 Å². The van der Waals surface area contributed by atoms with Crippen molar-refractivity contribution in [3.8, 4) is 6.07 Å². The molecule has 0 aromatic heterocycles. The molecule has 1 unspecified atom stereocenters. The van der Waals surface area contributed by atoms with Crippen molar-refractivity contribution in [2.24, 2.45) is 0 Å². The minimum absolute atomic E-state index is 0.302. The second-order valence-electron chi connectivity index (χ2n) is 3.53. The van der Waals surface area contributed by atoms with Crippen LogP contribution >= 0.6 is 0 Å². The summed E-state index contributed by atoms with van der Waals surface area (Å²) in [5.41, 5.74) is -0.328. The Labute approximate surface area is 82.4 Å². The van der Waals surface area contributed by atoms with E-state index in [1.807, 2.05) is 0 Å². The van der Waals surface area contributed by atoms with Gasteiger partial charge in [-0.25, -0.2) is 4.39 Å². The maximum Gasteiger partial charge on any atom is 0.135 e. The Hall–Kier alpha value is -1.40. The van der Waals surface area contributed by atoms with E-state index < -0.39 is 5.54 Å². The van der Waals surface area contributed by atoms with Gasteiger partial charge in [-0.05, 0) is 25.5 Å². The van der Waals surface area contributed by atoms with Crippen molar-refractivity contribution < 1.29 is 4.39 Å². The SMILES string of the molecule is N#CC1(c2ccccc2F)CCCN1. The first-order valence-corrected chi connectivity index (χ1v) is 4.70. The molecule has 0 bridgehead atoms. The average molecular weight is 190 g/mol. The van der Waals surface area contributed by atoms with E-state index in [4.69, 9.17) is 5.26 Å². The average Bonchev–Trinajstić information content (AvgIpc) is 2.68. The summed E-state index contributed by atoms with van der Waals surface area (Å²) in [6.07, 6.45) is 1.60. The van der Waals surface area contributed by atoms with E-state index in [1.165, 1.54) is 6.07 Å². The van der Waals surface area contributed by atoms with Gasteiger partial charge >= 0.3 is 0 Å². The second kappa shape index (κ2) is 3.39. The molecule has 0 radical (unpaired) electrons. The highest BCUT2D eigenvalue weighted by Crippen LogP contribution is 2.31. The molecule has 1 aliphatic rings. The monoisotopic (exact) mass is 190 g/mol.